The van der Waals surface area contributed by atoms with Crippen LogP contribution in [0.25, 0.3) is 0 Å². The van der Waals surface area contributed by atoms with Gasteiger partial charge in [-0.2, -0.15) is 0 Å². The summed E-state index contributed by atoms with van der Waals surface area (Å²) in [6, 6.07) is 7.16. The van der Waals surface area contributed by atoms with Gasteiger partial charge in [-0.15, -0.1) is 0 Å². The van der Waals surface area contributed by atoms with E-state index in [9.17, 15) is 4.79 Å². The number of nitrogens with one attached hydrogen (secondary N) is 2. The first-order valence-electron chi connectivity index (χ1n) is 8.83. The Kier molecular flexibility index (Phi) is 11.1. The van der Waals surface area contributed by atoms with Gasteiger partial charge in [-0.05, 0) is 50.2 Å². The topological polar surface area (TPSA) is 90.6 Å². The number of carbonyl (C=O) groups is 1. The molecular formula is C18H32N4O2. The van der Waals surface area contributed by atoms with Crippen LogP contribution < -0.4 is 16.4 Å². The molecule has 0 heterocycles. The molecule has 6 heteroatoms. The average Bonchev–Trinajstić information content (AvgIpc) is 2.58. The number of aromatic carboxylic acids is 1. The van der Waals surface area contributed by atoms with Crippen LogP contribution in [0.1, 0.15) is 35.7 Å². The Morgan fingerprint density at radius 2 is 1.75 bits per heavy atom. The highest BCUT2D eigenvalue weighted by atomic mass is 16.4. The molecule has 1 aromatic rings. The van der Waals surface area contributed by atoms with Crippen LogP contribution >= 0.6 is 0 Å². The monoisotopic (exact) mass is 336 g/mol. The van der Waals surface area contributed by atoms with Crippen LogP contribution in [0.15, 0.2) is 24.3 Å². The standard InChI is InChI=1S/C18H32N4O2/c1-2-13-22(14-12-21-10-3-9-20-11-8-19)15-16-4-6-17(7-5-16)18(23)24/h4-7,20-21H,2-3,8-15,19H2,1H3,(H,23,24). The fraction of sp³-hybridized carbons (Fsp3) is 0.611. The molecule has 0 aliphatic heterocycles. The number of nitrogens with two attached hydrogens (primary N) is 1. The molecular weight excluding hydrogens is 304 g/mol. The summed E-state index contributed by atoms with van der Waals surface area (Å²) in [7, 11) is 0. The molecule has 0 saturated carbocycles. The Balaban J connectivity index is 2.27. The fourth-order valence-corrected chi connectivity index (χ4v) is 2.52. The molecule has 6 nitrogen and oxygen atoms in total. The maximum atomic E-state index is 10.9. The second-order valence-corrected chi connectivity index (χ2v) is 5.92. The first-order valence-corrected chi connectivity index (χ1v) is 8.83. The molecule has 0 atom stereocenters. The predicted molar refractivity (Wildman–Crippen MR) is 98.4 cm³/mol. The molecule has 0 fully saturated rings. The second-order valence-electron chi connectivity index (χ2n) is 5.92. The largest absolute Gasteiger partial charge is 0.478 e. The number of rotatable bonds is 14. The molecule has 0 aliphatic carbocycles. The van der Waals surface area contributed by atoms with E-state index in [1.807, 2.05) is 12.1 Å². The highest BCUT2D eigenvalue weighted by Crippen LogP contribution is 2.08. The van der Waals surface area contributed by atoms with Crippen molar-refractivity contribution in [2.75, 3.05) is 45.8 Å². The lowest BCUT2D eigenvalue weighted by atomic mass is 10.1. The molecule has 0 radical (unpaired) electrons. The second kappa shape index (κ2) is 12.9. The Morgan fingerprint density at radius 1 is 1.08 bits per heavy atom. The molecule has 5 N–H and O–H groups in total. The molecule has 0 saturated heterocycles. The van der Waals surface area contributed by atoms with Gasteiger partial charge in [0.05, 0.1) is 5.56 Å². The molecule has 0 amide bonds. The SMILES string of the molecule is CCCN(CCNCCCNCCN)Cc1ccc(C(=O)O)cc1. The number of carboxylic acids is 1. The molecule has 136 valence electrons. The van der Waals surface area contributed by atoms with Crippen molar-refractivity contribution < 1.29 is 9.90 Å². The molecule has 0 bridgehead atoms. The van der Waals surface area contributed by atoms with E-state index >= 15 is 0 Å². The Bertz CT molecular complexity index is 451. The van der Waals surface area contributed by atoms with Gasteiger partial charge < -0.3 is 21.5 Å². The quantitative estimate of drug-likeness (QED) is 0.381. The highest BCUT2D eigenvalue weighted by molar-refractivity contribution is 5.87. The van der Waals surface area contributed by atoms with Gasteiger partial charge in [0.25, 0.3) is 0 Å². The maximum absolute atomic E-state index is 10.9. The minimum atomic E-state index is -0.878. The van der Waals surface area contributed by atoms with Crippen molar-refractivity contribution in [2.45, 2.75) is 26.3 Å². The average molecular weight is 336 g/mol. The van der Waals surface area contributed by atoms with E-state index in [-0.39, 0.29) is 0 Å². The van der Waals surface area contributed by atoms with Crippen molar-refractivity contribution in [3.8, 4) is 0 Å². The number of carboxylic acid groups (broad SMARTS) is 1. The molecule has 0 unspecified atom stereocenters. The fourth-order valence-electron chi connectivity index (χ4n) is 2.52. The summed E-state index contributed by atoms with van der Waals surface area (Å²) in [6.45, 7) is 9.60. The zero-order valence-corrected chi connectivity index (χ0v) is 14.8. The predicted octanol–water partition coefficient (Wildman–Crippen LogP) is 1.12. The summed E-state index contributed by atoms with van der Waals surface area (Å²) in [4.78, 5) is 13.3. The Morgan fingerprint density at radius 3 is 2.33 bits per heavy atom. The third-order valence-corrected chi connectivity index (χ3v) is 3.78. The van der Waals surface area contributed by atoms with Crippen LogP contribution in [0.4, 0.5) is 0 Å². The number of benzene rings is 1. The van der Waals surface area contributed by atoms with Crippen molar-refractivity contribution in [3.05, 3.63) is 35.4 Å². The van der Waals surface area contributed by atoms with Crippen molar-refractivity contribution in [2.24, 2.45) is 5.73 Å². The van der Waals surface area contributed by atoms with Crippen LogP contribution in [0.5, 0.6) is 0 Å². The molecule has 0 aromatic heterocycles. The lowest BCUT2D eigenvalue weighted by Crippen LogP contribution is -2.33. The van der Waals surface area contributed by atoms with E-state index < -0.39 is 5.97 Å². The molecule has 0 spiro atoms. The molecule has 0 aliphatic rings. The zero-order chi connectivity index (χ0) is 17.6. The number of hydrogen-bond acceptors (Lipinski definition) is 5. The van der Waals surface area contributed by atoms with Gasteiger partial charge in [0.2, 0.25) is 0 Å². The van der Waals surface area contributed by atoms with E-state index in [0.29, 0.717) is 12.1 Å². The van der Waals surface area contributed by atoms with Crippen molar-refractivity contribution in [1.29, 1.82) is 0 Å². The first kappa shape index (κ1) is 20.6. The van der Waals surface area contributed by atoms with E-state index in [2.05, 4.69) is 22.5 Å². The maximum Gasteiger partial charge on any atom is 0.335 e. The summed E-state index contributed by atoms with van der Waals surface area (Å²) < 4.78 is 0. The Hall–Kier alpha value is -1.47. The summed E-state index contributed by atoms with van der Waals surface area (Å²) in [5, 5.41) is 15.7. The van der Waals surface area contributed by atoms with Gasteiger partial charge in [0.15, 0.2) is 0 Å². The van der Waals surface area contributed by atoms with Crippen LogP contribution in [0, 0.1) is 0 Å². The minimum absolute atomic E-state index is 0.339. The van der Waals surface area contributed by atoms with Gasteiger partial charge >= 0.3 is 5.97 Å². The van der Waals surface area contributed by atoms with Crippen LogP contribution in [0.3, 0.4) is 0 Å². The van der Waals surface area contributed by atoms with E-state index in [1.54, 1.807) is 12.1 Å². The van der Waals surface area contributed by atoms with Crippen molar-refractivity contribution in [1.82, 2.24) is 15.5 Å². The van der Waals surface area contributed by atoms with Gasteiger partial charge in [-0.1, -0.05) is 19.1 Å². The summed E-state index contributed by atoms with van der Waals surface area (Å²) in [5.41, 5.74) is 6.92. The van der Waals surface area contributed by atoms with Crippen LogP contribution in [-0.2, 0) is 6.54 Å². The lowest BCUT2D eigenvalue weighted by molar-refractivity contribution is 0.0697. The smallest absolute Gasteiger partial charge is 0.335 e. The van der Waals surface area contributed by atoms with Gasteiger partial charge in [-0.25, -0.2) is 4.79 Å². The Labute approximate surface area is 145 Å². The third kappa shape index (κ3) is 8.98. The zero-order valence-electron chi connectivity index (χ0n) is 14.8. The normalized spacial score (nSPS) is 11.1. The lowest BCUT2D eigenvalue weighted by Gasteiger charge is -2.22. The number of nitrogens with zero attached hydrogens (tertiary/aromatic N) is 1. The summed E-state index contributed by atoms with van der Waals surface area (Å²) >= 11 is 0. The van der Waals surface area contributed by atoms with E-state index in [4.69, 9.17) is 10.8 Å². The van der Waals surface area contributed by atoms with Crippen LogP contribution in [-0.4, -0.2) is 61.8 Å². The van der Waals surface area contributed by atoms with Gasteiger partial charge in [-0.3, -0.25) is 4.90 Å². The van der Waals surface area contributed by atoms with Crippen LogP contribution in [0.2, 0.25) is 0 Å². The third-order valence-electron chi connectivity index (χ3n) is 3.78. The van der Waals surface area contributed by atoms with Gasteiger partial charge in [0, 0.05) is 32.7 Å². The summed E-state index contributed by atoms with van der Waals surface area (Å²) in [6.07, 6.45) is 2.21. The first-order chi connectivity index (χ1) is 11.7. The number of hydrogen-bond donors (Lipinski definition) is 4. The van der Waals surface area contributed by atoms with Crippen molar-refractivity contribution >= 4 is 5.97 Å². The molecule has 1 aromatic carbocycles. The van der Waals surface area contributed by atoms with Gasteiger partial charge in [0.1, 0.15) is 0 Å². The van der Waals surface area contributed by atoms with Crippen molar-refractivity contribution in [3.63, 3.8) is 0 Å². The minimum Gasteiger partial charge on any atom is -0.478 e. The van der Waals surface area contributed by atoms with E-state index in [0.717, 1.165) is 64.2 Å². The van der Waals surface area contributed by atoms with E-state index in [1.165, 1.54) is 0 Å². The highest BCUT2D eigenvalue weighted by Gasteiger charge is 2.06. The summed E-state index contributed by atoms with van der Waals surface area (Å²) in [5.74, 6) is -0.878. The molecule has 24 heavy (non-hydrogen) atoms. The molecule has 1 rings (SSSR count).